The van der Waals surface area contributed by atoms with Crippen LogP contribution in [0.2, 0.25) is 0 Å². The van der Waals surface area contributed by atoms with Gasteiger partial charge in [-0.2, -0.15) is 0 Å². The number of halogens is 3. The second-order valence-corrected chi connectivity index (χ2v) is 6.42. The first-order valence-electron chi connectivity index (χ1n) is 9.34. The summed E-state index contributed by atoms with van der Waals surface area (Å²) >= 11 is 0. The predicted molar refractivity (Wildman–Crippen MR) is 124 cm³/mol. The van der Waals surface area contributed by atoms with Crippen molar-refractivity contribution in [2.24, 2.45) is 4.99 Å². The number of guanidine groups is 1. The Kier molecular flexibility index (Phi) is 11.7. The number of aliphatic imine (C=N–C) groups is 1. The molecule has 6 nitrogen and oxygen atoms in total. The van der Waals surface area contributed by atoms with E-state index in [9.17, 15) is 13.6 Å². The minimum Gasteiger partial charge on any atom is -0.489 e. The fraction of sp³-hybridized carbons (Fsp3) is 0.333. The first-order chi connectivity index (χ1) is 14.0. The van der Waals surface area contributed by atoms with Gasteiger partial charge in [-0.05, 0) is 48.9 Å². The Morgan fingerprint density at radius 3 is 2.40 bits per heavy atom. The van der Waals surface area contributed by atoms with Gasteiger partial charge in [0, 0.05) is 20.1 Å². The molecule has 2 aromatic rings. The maximum atomic E-state index is 13.1. The first kappa shape index (κ1) is 25.6. The number of carbonyl (C=O) groups is 1. The molecular weight excluding hydrogens is 505 g/mol. The lowest BCUT2D eigenvalue weighted by Crippen LogP contribution is -2.44. The van der Waals surface area contributed by atoms with Gasteiger partial charge in [-0.15, -0.1) is 24.0 Å². The van der Waals surface area contributed by atoms with E-state index < -0.39 is 0 Å². The van der Waals surface area contributed by atoms with Crippen molar-refractivity contribution in [1.82, 2.24) is 16.0 Å². The van der Waals surface area contributed by atoms with E-state index in [-0.39, 0.29) is 54.0 Å². The Hall–Kier alpha value is -2.43. The molecule has 9 heteroatoms. The number of hydrogen-bond acceptors (Lipinski definition) is 3. The van der Waals surface area contributed by atoms with Crippen LogP contribution >= 0.6 is 24.0 Å². The fourth-order valence-corrected chi connectivity index (χ4v) is 2.53. The van der Waals surface area contributed by atoms with Crippen LogP contribution in [0.15, 0.2) is 53.5 Å². The molecule has 0 heterocycles. The number of rotatable bonds is 9. The van der Waals surface area contributed by atoms with Gasteiger partial charge in [0.05, 0.1) is 13.0 Å². The molecule has 1 unspecified atom stereocenters. The summed E-state index contributed by atoms with van der Waals surface area (Å²) in [5, 5.41) is 8.97. The van der Waals surface area contributed by atoms with Crippen molar-refractivity contribution < 1.29 is 18.3 Å². The van der Waals surface area contributed by atoms with Gasteiger partial charge >= 0.3 is 0 Å². The van der Waals surface area contributed by atoms with E-state index in [4.69, 9.17) is 4.74 Å². The van der Waals surface area contributed by atoms with E-state index in [1.165, 1.54) is 24.3 Å². The molecule has 1 atom stereocenters. The van der Waals surface area contributed by atoms with Crippen LogP contribution in [0.3, 0.4) is 0 Å². The standard InChI is InChI=1S/C21H26F2N4O2.HI/c1-15(29-19-8-6-17(22)7-9-19)14-27-21(24-2)26-11-10-25-20(28)13-16-4-3-5-18(23)12-16;/h3-9,12,15H,10-11,13-14H2,1-2H3,(H,25,28)(H2,24,26,27);1H. The smallest absolute Gasteiger partial charge is 0.224 e. The normalized spacial score (nSPS) is 11.8. The second kappa shape index (κ2) is 13.7. The molecule has 0 aliphatic heterocycles. The largest absolute Gasteiger partial charge is 0.489 e. The average molecular weight is 532 g/mol. The molecule has 0 spiro atoms. The molecule has 0 saturated carbocycles. The first-order valence-corrected chi connectivity index (χ1v) is 9.34. The molecule has 0 saturated heterocycles. The number of nitrogens with one attached hydrogen (secondary N) is 3. The molecule has 164 valence electrons. The molecule has 30 heavy (non-hydrogen) atoms. The summed E-state index contributed by atoms with van der Waals surface area (Å²) in [5.41, 5.74) is 0.628. The Morgan fingerprint density at radius 2 is 1.73 bits per heavy atom. The van der Waals surface area contributed by atoms with Crippen LogP contribution in [-0.2, 0) is 11.2 Å². The highest BCUT2D eigenvalue weighted by Crippen LogP contribution is 2.12. The van der Waals surface area contributed by atoms with Gasteiger partial charge in [0.2, 0.25) is 5.91 Å². The van der Waals surface area contributed by atoms with Crippen LogP contribution in [0.1, 0.15) is 12.5 Å². The maximum Gasteiger partial charge on any atom is 0.224 e. The number of hydrogen-bond donors (Lipinski definition) is 3. The van der Waals surface area contributed by atoms with E-state index in [1.54, 1.807) is 31.3 Å². The lowest BCUT2D eigenvalue weighted by molar-refractivity contribution is -0.120. The van der Waals surface area contributed by atoms with E-state index in [0.717, 1.165) is 0 Å². The highest BCUT2D eigenvalue weighted by Gasteiger charge is 2.07. The molecule has 0 aliphatic carbocycles. The molecule has 0 aliphatic rings. The van der Waals surface area contributed by atoms with E-state index in [1.807, 2.05) is 6.92 Å². The van der Waals surface area contributed by atoms with Crippen molar-refractivity contribution in [3.05, 3.63) is 65.7 Å². The Balaban J connectivity index is 0.00000450. The van der Waals surface area contributed by atoms with Gasteiger partial charge in [-0.25, -0.2) is 8.78 Å². The van der Waals surface area contributed by atoms with Crippen LogP contribution in [0, 0.1) is 11.6 Å². The lowest BCUT2D eigenvalue weighted by atomic mass is 10.1. The topological polar surface area (TPSA) is 74.8 Å². The highest BCUT2D eigenvalue weighted by molar-refractivity contribution is 14.0. The third-order valence-electron chi connectivity index (χ3n) is 3.92. The number of benzene rings is 2. The Bertz CT molecular complexity index is 819. The Labute approximate surface area is 192 Å². The van der Waals surface area contributed by atoms with E-state index in [0.29, 0.717) is 36.9 Å². The van der Waals surface area contributed by atoms with E-state index >= 15 is 0 Å². The van der Waals surface area contributed by atoms with Crippen LogP contribution in [-0.4, -0.2) is 44.7 Å². The molecule has 3 N–H and O–H groups in total. The van der Waals surface area contributed by atoms with Crippen molar-refractivity contribution in [1.29, 1.82) is 0 Å². The van der Waals surface area contributed by atoms with Gasteiger partial charge in [-0.1, -0.05) is 12.1 Å². The maximum absolute atomic E-state index is 13.1. The minimum absolute atomic E-state index is 0. The third kappa shape index (κ3) is 9.86. The van der Waals surface area contributed by atoms with Crippen LogP contribution in [0.25, 0.3) is 0 Å². The molecule has 0 fully saturated rings. The zero-order valence-corrected chi connectivity index (χ0v) is 19.3. The number of nitrogens with zero attached hydrogens (tertiary/aromatic N) is 1. The summed E-state index contributed by atoms with van der Waals surface area (Å²) in [6.45, 7) is 3.25. The highest BCUT2D eigenvalue weighted by atomic mass is 127. The van der Waals surface area contributed by atoms with Gasteiger partial charge < -0.3 is 20.7 Å². The van der Waals surface area contributed by atoms with Crippen molar-refractivity contribution in [2.75, 3.05) is 26.7 Å². The summed E-state index contributed by atoms with van der Waals surface area (Å²) in [6.07, 6.45) is -0.0341. The minimum atomic E-state index is -0.357. The van der Waals surface area contributed by atoms with Crippen molar-refractivity contribution in [2.45, 2.75) is 19.4 Å². The van der Waals surface area contributed by atoms with Gasteiger partial charge in [0.15, 0.2) is 5.96 Å². The second-order valence-electron chi connectivity index (χ2n) is 6.42. The summed E-state index contributed by atoms with van der Waals surface area (Å²) in [6, 6.07) is 11.8. The summed E-state index contributed by atoms with van der Waals surface area (Å²) in [7, 11) is 1.64. The average Bonchev–Trinajstić information content (AvgIpc) is 2.69. The van der Waals surface area contributed by atoms with Crippen molar-refractivity contribution in [3.8, 4) is 5.75 Å². The molecule has 1 amide bonds. The van der Waals surface area contributed by atoms with Crippen LogP contribution in [0.4, 0.5) is 8.78 Å². The number of amides is 1. The molecule has 0 radical (unpaired) electrons. The molecule has 0 aromatic heterocycles. The third-order valence-corrected chi connectivity index (χ3v) is 3.92. The molecule has 0 bridgehead atoms. The quantitative estimate of drug-likeness (QED) is 0.201. The summed E-state index contributed by atoms with van der Waals surface area (Å²) in [5.74, 6) is 0.311. The van der Waals surface area contributed by atoms with E-state index in [2.05, 4.69) is 20.9 Å². The van der Waals surface area contributed by atoms with Crippen LogP contribution < -0.4 is 20.7 Å². The fourth-order valence-electron chi connectivity index (χ4n) is 2.53. The molecule has 2 aromatic carbocycles. The van der Waals surface area contributed by atoms with Crippen LogP contribution in [0.5, 0.6) is 5.75 Å². The SMILES string of the molecule is CN=C(NCCNC(=O)Cc1cccc(F)c1)NCC(C)Oc1ccc(F)cc1.I. The zero-order chi connectivity index (χ0) is 21.1. The monoisotopic (exact) mass is 532 g/mol. The predicted octanol–water partition coefficient (Wildman–Crippen LogP) is 2.87. The number of ether oxygens (including phenoxy) is 1. The Morgan fingerprint density at radius 1 is 1.03 bits per heavy atom. The van der Waals surface area contributed by atoms with Gasteiger partial charge in [0.25, 0.3) is 0 Å². The molecular formula is C21H27F2IN4O2. The van der Waals surface area contributed by atoms with Crippen molar-refractivity contribution in [3.63, 3.8) is 0 Å². The molecule has 2 rings (SSSR count). The number of carbonyl (C=O) groups excluding carboxylic acids is 1. The summed E-state index contributed by atoms with van der Waals surface area (Å²) in [4.78, 5) is 16.0. The lowest BCUT2D eigenvalue weighted by Gasteiger charge is -2.18. The van der Waals surface area contributed by atoms with Gasteiger partial charge in [0.1, 0.15) is 23.5 Å². The van der Waals surface area contributed by atoms with Gasteiger partial charge in [-0.3, -0.25) is 9.79 Å². The van der Waals surface area contributed by atoms with Crippen molar-refractivity contribution >= 4 is 35.8 Å². The zero-order valence-electron chi connectivity index (χ0n) is 17.0. The summed E-state index contributed by atoms with van der Waals surface area (Å²) < 4.78 is 31.7.